The molecule has 1 N–H and O–H groups in total. The van der Waals surface area contributed by atoms with Gasteiger partial charge in [-0.2, -0.15) is 0 Å². The maximum absolute atomic E-state index is 12.4. The van der Waals surface area contributed by atoms with Crippen LogP contribution in [0.1, 0.15) is 46.5 Å². The smallest absolute Gasteiger partial charge is 0.214 e. The zero-order valence-corrected chi connectivity index (χ0v) is 14.8. The minimum atomic E-state index is -3.06. The maximum atomic E-state index is 12.4. The first kappa shape index (κ1) is 18.9. The van der Waals surface area contributed by atoms with Gasteiger partial charge in [-0.15, -0.1) is 0 Å². The number of likely N-dealkylation sites (N-methyl/N-ethyl adjacent to an activating group) is 1. The molecule has 0 saturated carbocycles. The van der Waals surface area contributed by atoms with Gasteiger partial charge in [-0.25, -0.2) is 12.7 Å². The van der Waals surface area contributed by atoms with E-state index >= 15 is 0 Å². The van der Waals surface area contributed by atoms with Crippen molar-refractivity contribution in [1.29, 1.82) is 0 Å². The molecule has 21 heavy (non-hydrogen) atoms. The van der Waals surface area contributed by atoms with Crippen LogP contribution in [-0.4, -0.2) is 68.7 Å². The van der Waals surface area contributed by atoms with Crippen LogP contribution in [-0.2, 0) is 10.0 Å². The lowest BCUT2D eigenvalue weighted by atomic mass is 10.2. The van der Waals surface area contributed by atoms with Crippen molar-refractivity contribution in [3.8, 4) is 0 Å². The summed E-state index contributed by atoms with van der Waals surface area (Å²) in [6.45, 7) is 11.7. The molecule has 5 nitrogen and oxygen atoms in total. The molecule has 1 fully saturated rings. The summed E-state index contributed by atoms with van der Waals surface area (Å²) < 4.78 is 26.4. The Morgan fingerprint density at radius 1 is 1.14 bits per heavy atom. The van der Waals surface area contributed by atoms with Crippen molar-refractivity contribution >= 4 is 10.0 Å². The van der Waals surface area contributed by atoms with Gasteiger partial charge in [0.2, 0.25) is 10.0 Å². The van der Waals surface area contributed by atoms with Crippen LogP contribution in [0.4, 0.5) is 0 Å². The Bertz CT molecular complexity index is 369. The average molecular weight is 320 g/mol. The van der Waals surface area contributed by atoms with Gasteiger partial charge in [-0.1, -0.05) is 20.8 Å². The molecule has 1 rings (SSSR count). The van der Waals surface area contributed by atoms with E-state index in [-0.39, 0.29) is 0 Å². The van der Waals surface area contributed by atoms with Gasteiger partial charge < -0.3 is 5.32 Å². The molecule has 0 bridgehead atoms. The zero-order chi connectivity index (χ0) is 15.7. The molecule has 1 heterocycles. The SMILES string of the molecule is CCCNCCCCS(=O)(=O)N1CCC(N(CC)CC)C1. The third-order valence-electron chi connectivity index (χ3n) is 4.28. The molecular weight excluding hydrogens is 286 g/mol. The Morgan fingerprint density at radius 2 is 1.86 bits per heavy atom. The van der Waals surface area contributed by atoms with Crippen LogP contribution in [0.15, 0.2) is 0 Å². The van der Waals surface area contributed by atoms with Gasteiger partial charge in [-0.3, -0.25) is 4.90 Å². The Balaban J connectivity index is 2.32. The van der Waals surface area contributed by atoms with Gasteiger partial charge in [0.05, 0.1) is 5.75 Å². The molecule has 6 heteroatoms. The molecule has 0 aromatic carbocycles. The summed E-state index contributed by atoms with van der Waals surface area (Å²) in [5.41, 5.74) is 0. The first-order chi connectivity index (χ1) is 10.0. The number of hydrogen-bond donors (Lipinski definition) is 1. The number of nitrogens with zero attached hydrogens (tertiary/aromatic N) is 2. The Morgan fingerprint density at radius 3 is 2.48 bits per heavy atom. The van der Waals surface area contributed by atoms with E-state index in [0.717, 1.165) is 51.9 Å². The average Bonchev–Trinajstić information content (AvgIpc) is 2.95. The molecule has 1 unspecified atom stereocenters. The molecule has 1 atom stereocenters. The summed E-state index contributed by atoms with van der Waals surface area (Å²) in [6, 6.07) is 0.404. The Hall–Kier alpha value is -0.170. The van der Waals surface area contributed by atoms with E-state index in [0.29, 0.717) is 24.9 Å². The summed E-state index contributed by atoms with van der Waals surface area (Å²) >= 11 is 0. The largest absolute Gasteiger partial charge is 0.317 e. The van der Waals surface area contributed by atoms with Crippen LogP contribution in [0.5, 0.6) is 0 Å². The predicted octanol–water partition coefficient (Wildman–Crippen LogP) is 1.51. The minimum absolute atomic E-state index is 0.297. The molecule has 0 aliphatic carbocycles. The molecule has 1 aliphatic rings. The Labute approximate surface area is 131 Å². The second-order valence-corrected chi connectivity index (χ2v) is 7.88. The van der Waals surface area contributed by atoms with Crippen LogP contribution in [0, 0.1) is 0 Å². The lowest BCUT2D eigenvalue weighted by molar-refractivity contribution is 0.224. The summed E-state index contributed by atoms with van der Waals surface area (Å²) in [6.07, 6.45) is 3.79. The van der Waals surface area contributed by atoms with Crippen molar-refractivity contribution in [2.75, 3.05) is 45.0 Å². The molecule has 126 valence electrons. The van der Waals surface area contributed by atoms with Crippen LogP contribution in [0.25, 0.3) is 0 Å². The van der Waals surface area contributed by atoms with E-state index in [9.17, 15) is 8.42 Å². The van der Waals surface area contributed by atoms with Crippen molar-refractivity contribution in [1.82, 2.24) is 14.5 Å². The third-order valence-corrected chi connectivity index (χ3v) is 6.20. The van der Waals surface area contributed by atoms with Crippen molar-refractivity contribution in [2.24, 2.45) is 0 Å². The van der Waals surface area contributed by atoms with Crippen LogP contribution in [0.3, 0.4) is 0 Å². The Kier molecular flexibility index (Phi) is 8.78. The fraction of sp³-hybridized carbons (Fsp3) is 1.00. The van der Waals surface area contributed by atoms with Gasteiger partial charge in [0, 0.05) is 19.1 Å². The number of hydrogen-bond acceptors (Lipinski definition) is 4. The van der Waals surface area contributed by atoms with Crippen molar-refractivity contribution in [3.63, 3.8) is 0 Å². The second-order valence-electron chi connectivity index (χ2n) is 5.79. The summed E-state index contributed by atoms with van der Waals surface area (Å²) in [4.78, 5) is 2.37. The minimum Gasteiger partial charge on any atom is -0.317 e. The highest BCUT2D eigenvalue weighted by molar-refractivity contribution is 7.89. The standard InChI is InChI=1S/C15H33N3O2S/c1-4-10-16-11-7-8-13-21(19,20)18-12-9-15(14-18)17(5-2)6-3/h15-16H,4-14H2,1-3H3. The molecule has 0 radical (unpaired) electrons. The van der Waals surface area contributed by atoms with Crippen LogP contribution in [0.2, 0.25) is 0 Å². The highest BCUT2D eigenvalue weighted by atomic mass is 32.2. The van der Waals surface area contributed by atoms with E-state index in [1.807, 2.05) is 0 Å². The normalized spacial score (nSPS) is 20.5. The molecule has 1 aliphatic heterocycles. The quantitative estimate of drug-likeness (QED) is 0.587. The molecule has 1 saturated heterocycles. The van der Waals surface area contributed by atoms with E-state index in [1.54, 1.807) is 4.31 Å². The number of rotatable bonds is 11. The highest BCUT2D eigenvalue weighted by Crippen LogP contribution is 2.19. The molecule has 0 amide bonds. The first-order valence-electron chi connectivity index (χ1n) is 8.47. The molecule has 0 aromatic rings. The third kappa shape index (κ3) is 6.22. The summed E-state index contributed by atoms with van der Waals surface area (Å²) in [5.74, 6) is 0.297. The first-order valence-corrected chi connectivity index (χ1v) is 10.1. The molecule has 0 aromatic heterocycles. The van der Waals surface area contributed by atoms with Crippen molar-refractivity contribution < 1.29 is 8.42 Å². The highest BCUT2D eigenvalue weighted by Gasteiger charge is 2.32. The second kappa shape index (κ2) is 9.77. The molecule has 0 spiro atoms. The van der Waals surface area contributed by atoms with Gasteiger partial charge in [0.15, 0.2) is 0 Å². The van der Waals surface area contributed by atoms with Gasteiger partial charge in [-0.05, 0) is 51.9 Å². The lowest BCUT2D eigenvalue weighted by Gasteiger charge is -2.26. The van der Waals surface area contributed by atoms with Gasteiger partial charge >= 0.3 is 0 Å². The van der Waals surface area contributed by atoms with Crippen molar-refractivity contribution in [3.05, 3.63) is 0 Å². The van der Waals surface area contributed by atoms with E-state index in [2.05, 4.69) is 31.0 Å². The topological polar surface area (TPSA) is 52.7 Å². The van der Waals surface area contributed by atoms with Gasteiger partial charge in [0.1, 0.15) is 0 Å². The van der Waals surface area contributed by atoms with Crippen LogP contribution >= 0.6 is 0 Å². The van der Waals surface area contributed by atoms with E-state index in [1.165, 1.54) is 0 Å². The summed E-state index contributed by atoms with van der Waals surface area (Å²) in [5, 5.41) is 3.31. The predicted molar refractivity (Wildman–Crippen MR) is 89.1 cm³/mol. The molecular formula is C15H33N3O2S. The van der Waals surface area contributed by atoms with E-state index < -0.39 is 10.0 Å². The van der Waals surface area contributed by atoms with Crippen molar-refractivity contribution in [2.45, 2.75) is 52.5 Å². The fourth-order valence-corrected chi connectivity index (χ4v) is 4.58. The summed E-state index contributed by atoms with van der Waals surface area (Å²) in [7, 11) is -3.06. The lowest BCUT2D eigenvalue weighted by Crippen LogP contribution is -2.39. The number of unbranched alkanes of at least 4 members (excludes halogenated alkanes) is 1. The zero-order valence-electron chi connectivity index (χ0n) is 14.0. The van der Waals surface area contributed by atoms with Crippen LogP contribution < -0.4 is 5.32 Å². The fourth-order valence-electron chi connectivity index (χ4n) is 2.97. The monoisotopic (exact) mass is 319 g/mol. The maximum Gasteiger partial charge on any atom is 0.214 e. The van der Waals surface area contributed by atoms with Gasteiger partial charge in [0.25, 0.3) is 0 Å². The van der Waals surface area contributed by atoms with E-state index in [4.69, 9.17) is 0 Å². The number of nitrogens with one attached hydrogen (secondary N) is 1. The number of sulfonamides is 1.